The van der Waals surface area contributed by atoms with Crippen molar-refractivity contribution in [3.05, 3.63) is 31.9 Å². The van der Waals surface area contributed by atoms with E-state index >= 15 is 0 Å². The standard InChI is InChI=1S/C22H27N5O2S2/c1-14-16(12-18-21(29)27(22(30)31-18)15-6-4-5-7-15)19(25(3)20(28)17(14)13-23)26-10-8-24(2)9-11-26/h12,15H,4-11H2,1-3H3. The van der Waals surface area contributed by atoms with Gasteiger partial charge in [-0.3, -0.25) is 19.1 Å². The second kappa shape index (κ2) is 8.77. The van der Waals surface area contributed by atoms with Crippen molar-refractivity contribution in [2.45, 2.75) is 38.6 Å². The number of carbonyl (C=O) groups excluding carboxylic acids is 1. The van der Waals surface area contributed by atoms with Crippen LogP contribution in [0.5, 0.6) is 0 Å². The van der Waals surface area contributed by atoms with Crippen LogP contribution in [-0.2, 0) is 11.8 Å². The Hall–Kier alpha value is -2.15. The molecule has 0 spiro atoms. The second-order valence-corrected chi connectivity index (χ2v) is 10.2. The van der Waals surface area contributed by atoms with E-state index < -0.39 is 0 Å². The zero-order chi connectivity index (χ0) is 22.3. The van der Waals surface area contributed by atoms with E-state index in [1.807, 2.05) is 6.08 Å². The van der Waals surface area contributed by atoms with E-state index in [1.54, 1.807) is 23.4 Å². The number of pyridine rings is 1. The minimum absolute atomic E-state index is 0.0574. The fraction of sp³-hybridized carbons (Fsp3) is 0.545. The number of carbonyl (C=O) groups is 1. The lowest BCUT2D eigenvalue weighted by molar-refractivity contribution is -0.123. The molecule has 0 radical (unpaired) electrons. The van der Waals surface area contributed by atoms with Gasteiger partial charge in [-0.25, -0.2) is 0 Å². The molecule has 0 atom stereocenters. The fourth-order valence-electron chi connectivity index (χ4n) is 4.70. The van der Waals surface area contributed by atoms with Crippen LogP contribution in [0.3, 0.4) is 0 Å². The predicted molar refractivity (Wildman–Crippen MR) is 128 cm³/mol. The third-order valence-corrected chi connectivity index (χ3v) is 7.89. The number of anilines is 1. The highest BCUT2D eigenvalue weighted by Crippen LogP contribution is 2.39. The molecular formula is C22H27N5O2S2. The molecule has 2 saturated heterocycles. The summed E-state index contributed by atoms with van der Waals surface area (Å²) in [6, 6.07) is 2.25. The topological polar surface area (TPSA) is 72.6 Å². The van der Waals surface area contributed by atoms with E-state index in [2.05, 4.69) is 22.9 Å². The molecule has 3 heterocycles. The van der Waals surface area contributed by atoms with Crippen molar-refractivity contribution in [3.8, 4) is 6.07 Å². The molecular weight excluding hydrogens is 430 g/mol. The Balaban J connectivity index is 1.81. The summed E-state index contributed by atoms with van der Waals surface area (Å²) in [5, 5.41) is 9.62. The van der Waals surface area contributed by atoms with E-state index in [-0.39, 0.29) is 23.1 Å². The van der Waals surface area contributed by atoms with Crippen LogP contribution in [0.4, 0.5) is 5.82 Å². The van der Waals surface area contributed by atoms with Crippen LogP contribution in [0.1, 0.15) is 42.4 Å². The number of hydrogen-bond acceptors (Lipinski definition) is 7. The highest BCUT2D eigenvalue weighted by atomic mass is 32.2. The highest BCUT2D eigenvalue weighted by molar-refractivity contribution is 8.26. The lowest BCUT2D eigenvalue weighted by Gasteiger charge is -2.36. The maximum absolute atomic E-state index is 13.3. The molecule has 1 saturated carbocycles. The van der Waals surface area contributed by atoms with Crippen molar-refractivity contribution >= 4 is 46.1 Å². The van der Waals surface area contributed by atoms with Gasteiger partial charge >= 0.3 is 0 Å². The number of piperazine rings is 1. The number of thiocarbonyl (C=S) groups is 1. The number of rotatable bonds is 3. The number of aromatic nitrogens is 1. The molecule has 0 bridgehead atoms. The lowest BCUT2D eigenvalue weighted by atomic mass is 10.0. The largest absolute Gasteiger partial charge is 0.355 e. The molecule has 3 aliphatic rings. The summed E-state index contributed by atoms with van der Waals surface area (Å²) in [5.74, 6) is 0.707. The summed E-state index contributed by atoms with van der Waals surface area (Å²) >= 11 is 6.87. The number of nitriles is 1. The molecule has 1 aliphatic carbocycles. The molecule has 1 aromatic heterocycles. The van der Waals surface area contributed by atoms with E-state index in [9.17, 15) is 14.9 Å². The van der Waals surface area contributed by atoms with Crippen LogP contribution < -0.4 is 10.5 Å². The highest BCUT2D eigenvalue weighted by Gasteiger charge is 2.38. The zero-order valence-electron chi connectivity index (χ0n) is 18.2. The van der Waals surface area contributed by atoms with Gasteiger partial charge in [-0.15, -0.1) is 0 Å². The van der Waals surface area contributed by atoms with Gasteiger partial charge < -0.3 is 9.80 Å². The molecule has 0 aromatic carbocycles. The summed E-state index contributed by atoms with van der Waals surface area (Å²) in [6.07, 6.45) is 6.07. The Morgan fingerprint density at radius 1 is 1.13 bits per heavy atom. The second-order valence-electron chi connectivity index (χ2n) is 8.49. The van der Waals surface area contributed by atoms with E-state index in [4.69, 9.17) is 12.2 Å². The van der Waals surface area contributed by atoms with Crippen LogP contribution in [0.15, 0.2) is 9.70 Å². The minimum atomic E-state index is -0.301. The van der Waals surface area contributed by atoms with Gasteiger partial charge in [-0.2, -0.15) is 5.26 Å². The smallest absolute Gasteiger partial charge is 0.270 e. The van der Waals surface area contributed by atoms with Gasteiger partial charge in [0.25, 0.3) is 11.5 Å². The Bertz CT molecular complexity index is 1060. The van der Waals surface area contributed by atoms with Gasteiger partial charge in [0, 0.05) is 44.8 Å². The molecule has 1 amide bonds. The first kappa shape index (κ1) is 22.1. The molecule has 2 aliphatic heterocycles. The zero-order valence-corrected chi connectivity index (χ0v) is 19.8. The van der Waals surface area contributed by atoms with E-state index in [1.165, 1.54) is 11.8 Å². The van der Waals surface area contributed by atoms with Crippen molar-refractivity contribution in [1.29, 1.82) is 5.26 Å². The number of thioether (sulfide) groups is 1. The van der Waals surface area contributed by atoms with Crippen LogP contribution >= 0.6 is 24.0 Å². The molecule has 1 aromatic rings. The molecule has 31 heavy (non-hydrogen) atoms. The van der Waals surface area contributed by atoms with Gasteiger partial charge in [-0.1, -0.05) is 36.8 Å². The summed E-state index contributed by atoms with van der Waals surface area (Å²) in [6.45, 7) is 5.12. The summed E-state index contributed by atoms with van der Waals surface area (Å²) in [7, 11) is 3.78. The lowest BCUT2D eigenvalue weighted by Crippen LogP contribution is -2.46. The van der Waals surface area contributed by atoms with Crippen molar-refractivity contribution in [3.63, 3.8) is 0 Å². The monoisotopic (exact) mass is 457 g/mol. The van der Waals surface area contributed by atoms with Crippen molar-refractivity contribution in [2.24, 2.45) is 7.05 Å². The van der Waals surface area contributed by atoms with Crippen LogP contribution in [0.2, 0.25) is 0 Å². The van der Waals surface area contributed by atoms with Crippen molar-refractivity contribution in [2.75, 3.05) is 38.1 Å². The molecule has 4 rings (SSSR count). The molecule has 0 N–H and O–H groups in total. The Morgan fingerprint density at radius 2 is 1.77 bits per heavy atom. The quantitative estimate of drug-likeness (QED) is 0.510. The number of nitrogens with zero attached hydrogens (tertiary/aromatic N) is 5. The molecule has 0 unspecified atom stereocenters. The van der Waals surface area contributed by atoms with Crippen LogP contribution in [-0.4, -0.2) is 63.9 Å². The summed E-state index contributed by atoms with van der Waals surface area (Å²) in [4.78, 5) is 32.9. The Labute approximate surface area is 192 Å². The Morgan fingerprint density at radius 3 is 2.39 bits per heavy atom. The van der Waals surface area contributed by atoms with Crippen molar-refractivity contribution in [1.82, 2.24) is 14.4 Å². The van der Waals surface area contributed by atoms with E-state index in [0.29, 0.717) is 14.8 Å². The molecule has 164 valence electrons. The summed E-state index contributed by atoms with van der Waals surface area (Å²) < 4.78 is 2.16. The van der Waals surface area contributed by atoms with Gasteiger partial charge in [0.2, 0.25) is 0 Å². The van der Waals surface area contributed by atoms with Gasteiger partial charge in [0.1, 0.15) is 21.8 Å². The first-order valence-electron chi connectivity index (χ1n) is 10.7. The first-order chi connectivity index (χ1) is 14.8. The van der Waals surface area contributed by atoms with Gasteiger partial charge in [-0.05, 0) is 38.5 Å². The van der Waals surface area contributed by atoms with Crippen molar-refractivity contribution < 1.29 is 4.79 Å². The van der Waals surface area contributed by atoms with Gasteiger partial charge in [0.15, 0.2) is 0 Å². The van der Waals surface area contributed by atoms with Crippen LogP contribution in [0.25, 0.3) is 6.08 Å². The predicted octanol–water partition coefficient (Wildman–Crippen LogP) is 2.46. The fourth-order valence-corrected chi connectivity index (χ4v) is 6.08. The average Bonchev–Trinajstić information content (AvgIpc) is 3.36. The van der Waals surface area contributed by atoms with Gasteiger partial charge in [0.05, 0.1) is 4.91 Å². The average molecular weight is 458 g/mol. The number of likely N-dealkylation sites (N-methyl/N-ethyl adjacent to an activating group) is 1. The molecule has 3 fully saturated rings. The number of hydrogen-bond donors (Lipinski definition) is 0. The number of amides is 1. The van der Waals surface area contributed by atoms with Crippen LogP contribution in [0, 0.1) is 18.3 Å². The Kier molecular flexibility index (Phi) is 6.24. The first-order valence-corrected chi connectivity index (χ1v) is 11.9. The third kappa shape index (κ3) is 3.93. The normalized spacial score (nSPS) is 22.1. The third-order valence-electron chi connectivity index (χ3n) is 6.56. The SMILES string of the molecule is Cc1c(C=C2SC(=S)N(C3CCCC3)C2=O)c(N2CCN(C)CC2)n(C)c(=O)c1C#N. The van der Waals surface area contributed by atoms with E-state index in [0.717, 1.165) is 63.2 Å². The molecule has 9 heteroatoms. The minimum Gasteiger partial charge on any atom is -0.355 e. The molecule has 7 nitrogen and oxygen atoms in total. The summed E-state index contributed by atoms with van der Waals surface area (Å²) in [5.41, 5.74) is 1.20. The maximum atomic E-state index is 13.3. The maximum Gasteiger partial charge on any atom is 0.270 e.